The lowest BCUT2D eigenvalue weighted by molar-refractivity contribution is 0.873. The Morgan fingerprint density at radius 3 is 2.53 bits per heavy atom. The van der Waals surface area contributed by atoms with Crippen molar-refractivity contribution in [3.63, 3.8) is 0 Å². The minimum absolute atomic E-state index is 0. The Bertz CT molecular complexity index is 474. The molecule has 2 aromatic rings. The van der Waals surface area contributed by atoms with Crippen molar-refractivity contribution in [2.45, 2.75) is 13.3 Å². The Morgan fingerprint density at radius 2 is 1.89 bits per heavy atom. The van der Waals surface area contributed by atoms with Gasteiger partial charge in [-0.15, -0.1) is 36.2 Å². The summed E-state index contributed by atoms with van der Waals surface area (Å²) >= 11 is 1.70. The number of nitrogens with zero attached hydrogens (tertiary/aromatic N) is 1. The molecule has 0 radical (unpaired) electrons. The number of rotatable bonds is 5. The molecule has 6 heteroatoms. The van der Waals surface area contributed by atoms with Gasteiger partial charge in [-0.3, -0.25) is 0 Å². The Morgan fingerprint density at radius 1 is 1.21 bits per heavy atom. The van der Waals surface area contributed by atoms with E-state index in [-0.39, 0.29) is 24.8 Å². The van der Waals surface area contributed by atoms with Crippen LogP contribution in [0.1, 0.15) is 11.3 Å². The number of nitrogens with one attached hydrogen (secondary N) is 1. The quantitative estimate of drug-likeness (QED) is 0.826. The summed E-state index contributed by atoms with van der Waals surface area (Å²) in [5.74, 6) is 0. The molecule has 0 fully saturated rings. The zero-order chi connectivity index (χ0) is 12.1. The fraction of sp³-hybridized carbons (Fsp3) is 0.308. The molecule has 0 aliphatic rings. The van der Waals surface area contributed by atoms with Crippen LogP contribution in [0.5, 0.6) is 0 Å². The van der Waals surface area contributed by atoms with E-state index in [1.807, 2.05) is 18.2 Å². The predicted molar refractivity (Wildman–Crippen MR) is 88.9 cm³/mol. The molecule has 0 bridgehead atoms. The topological polar surface area (TPSA) is 50.9 Å². The van der Waals surface area contributed by atoms with E-state index in [0.29, 0.717) is 6.54 Å². The van der Waals surface area contributed by atoms with Gasteiger partial charge in [0.25, 0.3) is 0 Å². The fourth-order valence-electron chi connectivity index (χ4n) is 1.63. The molecule has 0 spiro atoms. The van der Waals surface area contributed by atoms with Crippen molar-refractivity contribution in [3.8, 4) is 11.3 Å². The highest BCUT2D eigenvalue weighted by atomic mass is 35.5. The van der Waals surface area contributed by atoms with E-state index in [4.69, 9.17) is 5.73 Å². The molecule has 0 atom stereocenters. The largest absolute Gasteiger partial charge is 0.361 e. The number of aryl methyl sites for hydroxylation is 1. The highest BCUT2D eigenvalue weighted by Gasteiger charge is 2.08. The highest BCUT2D eigenvalue weighted by molar-refractivity contribution is 7.16. The van der Waals surface area contributed by atoms with Gasteiger partial charge in [-0.2, -0.15) is 0 Å². The van der Waals surface area contributed by atoms with E-state index in [0.717, 1.165) is 23.8 Å². The molecule has 1 heterocycles. The molecular weight excluding hydrogens is 301 g/mol. The monoisotopic (exact) mass is 319 g/mol. The first kappa shape index (κ1) is 18.2. The first-order valence-electron chi connectivity index (χ1n) is 5.78. The molecule has 3 nitrogen and oxygen atoms in total. The van der Waals surface area contributed by atoms with Crippen LogP contribution in [0.3, 0.4) is 0 Å². The second-order valence-corrected chi connectivity index (χ2v) is 5.06. The molecule has 19 heavy (non-hydrogen) atoms. The first-order chi connectivity index (χ1) is 8.31. The molecule has 3 N–H and O–H groups in total. The SMILES string of the molecule is Cc1sc(NCCCN)nc1-c1ccccc1.Cl.Cl. The third-order valence-corrected chi connectivity index (χ3v) is 3.43. The third kappa shape index (κ3) is 4.99. The van der Waals surface area contributed by atoms with Gasteiger partial charge < -0.3 is 11.1 Å². The van der Waals surface area contributed by atoms with Gasteiger partial charge in [-0.25, -0.2) is 4.98 Å². The smallest absolute Gasteiger partial charge is 0.183 e. The normalized spacial score (nSPS) is 9.37. The van der Waals surface area contributed by atoms with Gasteiger partial charge in [0.1, 0.15) is 0 Å². The fourth-order valence-corrected chi connectivity index (χ4v) is 2.49. The number of nitrogens with two attached hydrogens (primary N) is 1. The van der Waals surface area contributed by atoms with Crippen molar-refractivity contribution < 1.29 is 0 Å². The van der Waals surface area contributed by atoms with E-state index in [9.17, 15) is 0 Å². The van der Waals surface area contributed by atoms with Crippen molar-refractivity contribution in [2.24, 2.45) is 5.73 Å². The van der Waals surface area contributed by atoms with E-state index >= 15 is 0 Å². The Balaban J connectivity index is 0.00000162. The van der Waals surface area contributed by atoms with Crippen LogP contribution in [0.25, 0.3) is 11.3 Å². The number of benzene rings is 1. The van der Waals surface area contributed by atoms with Crippen LogP contribution < -0.4 is 11.1 Å². The predicted octanol–water partition coefficient (Wildman–Crippen LogP) is 3.72. The van der Waals surface area contributed by atoms with E-state index in [2.05, 4.69) is 29.4 Å². The van der Waals surface area contributed by atoms with Crippen LogP contribution in [0.4, 0.5) is 5.13 Å². The summed E-state index contributed by atoms with van der Waals surface area (Å²) in [6.07, 6.45) is 0.972. The molecule has 1 aromatic heterocycles. The minimum atomic E-state index is 0. The van der Waals surface area contributed by atoms with Crippen molar-refractivity contribution in [3.05, 3.63) is 35.2 Å². The van der Waals surface area contributed by atoms with Crippen LogP contribution >= 0.6 is 36.2 Å². The number of halogens is 2. The molecule has 0 amide bonds. The van der Waals surface area contributed by atoms with Gasteiger partial charge in [0.2, 0.25) is 0 Å². The molecular formula is C13H19Cl2N3S. The zero-order valence-corrected chi connectivity index (χ0v) is 13.2. The summed E-state index contributed by atoms with van der Waals surface area (Å²) in [6.45, 7) is 3.70. The number of anilines is 1. The van der Waals surface area contributed by atoms with Crippen LogP contribution in [-0.2, 0) is 0 Å². The van der Waals surface area contributed by atoms with Gasteiger partial charge in [-0.05, 0) is 19.9 Å². The summed E-state index contributed by atoms with van der Waals surface area (Å²) in [5.41, 5.74) is 7.71. The molecule has 0 saturated carbocycles. The molecule has 0 saturated heterocycles. The van der Waals surface area contributed by atoms with E-state index < -0.39 is 0 Å². The van der Waals surface area contributed by atoms with E-state index in [1.165, 1.54) is 10.4 Å². The highest BCUT2D eigenvalue weighted by Crippen LogP contribution is 2.29. The number of thiazole rings is 1. The molecule has 0 aliphatic carbocycles. The van der Waals surface area contributed by atoms with Crippen LogP contribution in [0.2, 0.25) is 0 Å². The van der Waals surface area contributed by atoms with Crippen molar-refractivity contribution in [1.29, 1.82) is 0 Å². The number of hydrogen-bond donors (Lipinski definition) is 2. The molecule has 1 aromatic carbocycles. The van der Waals surface area contributed by atoms with E-state index in [1.54, 1.807) is 11.3 Å². The summed E-state index contributed by atoms with van der Waals surface area (Å²) in [4.78, 5) is 5.86. The second-order valence-electron chi connectivity index (χ2n) is 3.86. The standard InChI is InChI=1S/C13H17N3S.2ClH/c1-10-12(11-6-3-2-4-7-11)16-13(17-10)15-9-5-8-14;;/h2-4,6-7H,5,8-9,14H2,1H3,(H,15,16);2*1H. The van der Waals surface area contributed by atoms with Crippen LogP contribution in [-0.4, -0.2) is 18.1 Å². The first-order valence-corrected chi connectivity index (χ1v) is 6.59. The van der Waals surface area contributed by atoms with Gasteiger partial charge in [0.05, 0.1) is 5.69 Å². The van der Waals surface area contributed by atoms with Crippen LogP contribution in [0, 0.1) is 6.92 Å². The van der Waals surface area contributed by atoms with Gasteiger partial charge in [-0.1, -0.05) is 30.3 Å². The summed E-state index contributed by atoms with van der Waals surface area (Å²) in [5, 5.41) is 4.29. The lowest BCUT2D eigenvalue weighted by Crippen LogP contribution is -2.08. The Kier molecular flexibility index (Phi) is 8.76. The van der Waals surface area contributed by atoms with Gasteiger partial charge >= 0.3 is 0 Å². The minimum Gasteiger partial charge on any atom is -0.361 e. The molecule has 106 valence electrons. The number of aromatic nitrogens is 1. The van der Waals surface area contributed by atoms with Crippen molar-refractivity contribution in [1.82, 2.24) is 4.98 Å². The number of hydrogen-bond acceptors (Lipinski definition) is 4. The second kappa shape index (κ2) is 9.15. The van der Waals surface area contributed by atoms with Crippen molar-refractivity contribution >= 4 is 41.3 Å². The third-order valence-electron chi connectivity index (χ3n) is 2.50. The Labute approximate surface area is 130 Å². The average Bonchev–Trinajstić information content (AvgIpc) is 2.72. The Hall–Kier alpha value is -0.810. The average molecular weight is 320 g/mol. The maximum Gasteiger partial charge on any atom is 0.183 e. The van der Waals surface area contributed by atoms with Crippen molar-refractivity contribution in [2.75, 3.05) is 18.4 Å². The summed E-state index contributed by atoms with van der Waals surface area (Å²) < 4.78 is 0. The summed E-state index contributed by atoms with van der Waals surface area (Å²) in [6, 6.07) is 10.3. The molecule has 0 aliphatic heterocycles. The maximum atomic E-state index is 5.46. The lowest BCUT2D eigenvalue weighted by Gasteiger charge is -1.99. The molecule has 2 rings (SSSR count). The lowest BCUT2D eigenvalue weighted by atomic mass is 10.1. The summed E-state index contributed by atoms with van der Waals surface area (Å²) in [7, 11) is 0. The van der Waals surface area contributed by atoms with Gasteiger partial charge in [0.15, 0.2) is 5.13 Å². The zero-order valence-electron chi connectivity index (χ0n) is 10.8. The maximum absolute atomic E-state index is 5.46. The van der Waals surface area contributed by atoms with Gasteiger partial charge in [0, 0.05) is 17.0 Å². The molecule has 0 unspecified atom stereocenters. The van der Waals surface area contributed by atoms with Crippen LogP contribution in [0.15, 0.2) is 30.3 Å².